The molecule has 0 bridgehead atoms. The Morgan fingerprint density at radius 3 is 2.45 bits per heavy atom. The van der Waals surface area contributed by atoms with E-state index in [4.69, 9.17) is 5.11 Å². The standard InChI is InChI=1S/C16H24N2O3.ClH/c1-3-7-14(13-8-5-4-6-9-13)17-15(19)12-18(2)11-10-16(20)21;/h4-6,8-9,14H,3,7,10-12H2,1-2H3,(H,17,19)(H,20,21);1H. The van der Waals surface area contributed by atoms with Crippen molar-refractivity contribution in [2.45, 2.75) is 32.2 Å². The topological polar surface area (TPSA) is 69.6 Å². The minimum Gasteiger partial charge on any atom is -0.481 e. The third-order valence-electron chi connectivity index (χ3n) is 3.24. The molecule has 22 heavy (non-hydrogen) atoms. The molecule has 0 fully saturated rings. The Hall–Kier alpha value is -1.59. The van der Waals surface area contributed by atoms with Crippen molar-refractivity contribution in [2.24, 2.45) is 0 Å². The number of aliphatic carboxylic acids is 1. The summed E-state index contributed by atoms with van der Waals surface area (Å²) >= 11 is 0. The number of carboxylic acids is 1. The summed E-state index contributed by atoms with van der Waals surface area (Å²) in [5.41, 5.74) is 1.10. The van der Waals surface area contributed by atoms with Crippen molar-refractivity contribution in [3.05, 3.63) is 35.9 Å². The second-order valence-corrected chi connectivity index (χ2v) is 5.20. The molecule has 6 heteroatoms. The molecular weight excluding hydrogens is 304 g/mol. The largest absolute Gasteiger partial charge is 0.481 e. The van der Waals surface area contributed by atoms with Gasteiger partial charge in [0.15, 0.2) is 0 Å². The molecule has 1 rings (SSSR count). The molecule has 1 unspecified atom stereocenters. The first-order valence-corrected chi connectivity index (χ1v) is 7.27. The summed E-state index contributed by atoms with van der Waals surface area (Å²) in [5, 5.41) is 11.7. The Labute approximate surface area is 138 Å². The van der Waals surface area contributed by atoms with Gasteiger partial charge in [0.05, 0.1) is 19.0 Å². The van der Waals surface area contributed by atoms with Crippen LogP contribution >= 0.6 is 12.4 Å². The molecule has 0 aromatic heterocycles. The van der Waals surface area contributed by atoms with Gasteiger partial charge in [0.2, 0.25) is 5.91 Å². The summed E-state index contributed by atoms with van der Waals surface area (Å²) in [6.45, 7) is 2.66. The highest BCUT2D eigenvalue weighted by atomic mass is 35.5. The first kappa shape index (κ1) is 20.4. The molecule has 1 aromatic carbocycles. The number of carboxylic acid groups (broad SMARTS) is 1. The molecule has 0 aliphatic carbocycles. The van der Waals surface area contributed by atoms with Gasteiger partial charge in [-0.1, -0.05) is 43.7 Å². The van der Waals surface area contributed by atoms with E-state index in [0.29, 0.717) is 6.54 Å². The molecule has 0 heterocycles. The van der Waals surface area contributed by atoms with Gasteiger partial charge in [-0.3, -0.25) is 14.5 Å². The lowest BCUT2D eigenvalue weighted by Gasteiger charge is -2.21. The highest BCUT2D eigenvalue weighted by Crippen LogP contribution is 2.17. The monoisotopic (exact) mass is 328 g/mol. The van der Waals surface area contributed by atoms with Gasteiger partial charge in [0.1, 0.15) is 0 Å². The summed E-state index contributed by atoms with van der Waals surface area (Å²) in [6.07, 6.45) is 1.91. The second kappa shape index (κ2) is 11.0. The van der Waals surface area contributed by atoms with E-state index in [1.807, 2.05) is 30.3 Å². The third kappa shape index (κ3) is 8.00. The first-order chi connectivity index (χ1) is 10.0. The number of nitrogens with zero attached hydrogens (tertiary/aromatic N) is 1. The normalized spacial score (nSPS) is 11.6. The van der Waals surface area contributed by atoms with Crippen LogP contribution in [0.3, 0.4) is 0 Å². The number of hydrogen-bond acceptors (Lipinski definition) is 3. The van der Waals surface area contributed by atoms with Gasteiger partial charge in [0, 0.05) is 6.54 Å². The van der Waals surface area contributed by atoms with E-state index in [-0.39, 0.29) is 37.3 Å². The number of amides is 1. The summed E-state index contributed by atoms with van der Waals surface area (Å²) in [4.78, 5) is 24.3. The Balaban J connectivity index is 0.00000441. The number of hydrogen-bond donors (Lipinski definition) is 2. The van der Waals surface area contributed by atoms with Gasteiger partial charge in [-0.2, -0.15) is 0 Å². The number of carbonyl (C=O) groups is 2. The zero-order chi connectivity index (χ0) is 15.7. The minimum absolute atomic E-state index is 0. The molecule has 0 aliphatic rings. The molecule has 124 valence electrons. The van der Waals surface area contributed by atoms with Gasteiger partial charge in [0.25, 0.3) is 0 Å². The fourth-order valence-electron chi connectivity index (χ4n) is 2.15. The van der Waals surface area contributed by atoms with E-state index in [9.17, 15) is 9.59 Å². The number of nitrogens with one attached hydrogen (secondary N) is 1. The SMILES string of the molecule is CCCC(NC(=O)CN(C)CCC(=O)O)c1ccccc1.Cl. The number of halogens is 1. The fourth-order valence-corrected chi connectivity index (χ4v) is 2.15. The highest BCUT2D eigenvalue weighted by molar-refractivity contribution is 5.85. The molecule has 5 nitrogen and oxygen atoms in total. The van der Waals surface area contributed by atoms with Gasteiger partial charge in [-0.05, 0) is 19.0 Å². The van der Waals surface area contributed by atoms with E-state index in [1.54, 1.807) is 11.9 Å². The quantitative estimate of drug-likeness (QED) is 0.730. The Kier molecular flexibility index (Phi) is 10.2. The smallest absolute Gasteiger partial charge is 0.304 e. The molecule has 1 atom stereocenters. The van der Waals surface area contributed by atoms with Crippen molar-refractivity contribution >= 4 is 24.3 Å². The zero-order valence-corrected chi connectivity index (χ0v) is 13.9. The van der Waals surface area contributed by atoms with Crippen LogP contribution in [0.4, 0.5) is 0 Å². The minimum atomic E-state index is -0.851. The maximum atomic E-state index is 12.1. The van der Waals surface area contributed by atoms with Crippen LogP contribution in [0.5, 0.6) is 0 Å². The third-order valence-corrected chi connectivity index (χ3v) is 3.24. The van der Waals surface area contributed by atoms with Crippen LogP contribution in [0.1, 0.15) is 37.8 Å². The lowest BCUT2D eigenvalue weighted by Crippen LogP contribution is -2.38. The Morgan fingerprint density at radius 2 is 1.91 bits per heavy atom. The molecular formula is C16H25ClN2O3. The highest BCUT2D eigenvalue weighted by Gasteiger charge is 2.15. The molecule has 0 saturated carbocycles. The van der Waals surface area contributed by atoms with E-state index in [2.05, 4.69) is 12.2 Å². The Bertz CT molecular complexity index is 454. The molecule has 1 amide bonds. The van der Waals surface area contributed by atoms with Gasteiger partial charge in [-0.25, -0.2) is 0 Å². The van der Waals surface area contributed by atoms with Gasteiger partial charge >= 0.3 is 5.97 Å². The lowest BCUT2D eigenvalue weighted by molar-refractivity contribution is -0.137. The number of benzene rings is 1. The van der Waals surface area contributed by atoms with E-state index >= 15 is 0 Å². The summed E-state index contributed by atoms with van der Waals surface area (Å²) in [7, 11) is 1.75. The summed E-state index contributed by atoms with van der Waals surface area (Å²) < 4.78 is 0. The van der Waals surface area contributed by atoms with Crippen LogP contribution < -0.4 is 5.32 Å². The molecule has 0 aliphatic heterocycles. The van der Waals surface area contributed by atoms with Crippen LogP contribution in [0.15, 0.2) is 30.3 Å². The van der Waals surface area contributed by atoms with Crippen LogP contribution in [0.25, 0.3) is 0 Å². The van der Waals surface area contributed by atoms with Crippen molar-refractivity contribution in [3.8, 4) is 0 Å². The summed E-state index contributed by atoms with van der Waals surface area (Å²) in [5.74, 6) is -0.930. The maximum Gasteiger partial charge on any atom is 0.304 e. The number of likely N-dealkylation sites (N-methyl/N-ethyl adjacent to an activating group) is 1. The first-order valence-electron chi connectivity index (χ1n) is 7.27. The Morgan fingerprint density at radius 1 is 1.27 bits per heavy atom. The average Bonchev–Trinajstić information content (AvgIpc) is 2.45. The van der Waals surface area contributed by atoms with Gasteiger partial charge < -0.3 is 10.4 Å². The van der Waals surface area contributed by atoms with Crippen molar-refractivity contribution in [1.82, 2.24) is 10.2 Å². The molecule has 2 N–H and O–H groups in total. The van der Waals surface area contributed by atoms with E-state index in [0.717, 1.165) is 18.4 Å². The van der Waals surface area contributed by atoms with Gasteiger partial charge in [-0.15, -0.1) is 12.4 Å². The predicted octanol–water partition coefficient (Wildman–Crippen LogP) is 2.47. The lowest BCUT2D eigenvalue weighted by atomic mass is 10.0. The van der Waals surface area contributed by atoms with E-state index < -0.39 is 5.97 Å². The van der Waals surface area contributed by atoms with Crippen molar-refractivity contribution < 1.29 is 14.7 Å². The van der Waals surface area contributed by atoms with Crippen LogP contribution in [0.2, 0.25) is 0 Å². The van der Waals surface area contributed by atoms with E-state index in [1.165, 1.54) is 0 Å². The number of rotatable bonds is 9. The molecule has 1 aromatic rings. The van der Waals surface area contributed by atoms with Crippen molar-refractivity contribution in [3.63, 3.8) is 0 Å². The fraction of sp³-hybridized carbons (Fsp3) is 0.500. The van der Waals surface area contributed by atoms with Crippen molar-refractivity contribution in [1.29, 1.82) is 0 Å². The van der Waals surface area contributed by atoms with Crippen molar-refractivity contribution in [2.75, 3.05) is 20.1 Å². The number of carbonyl (C=O) groups excluding carboxylic acids is 1. The predicted molar refractivity (Wildman–Crippen MR) is 89.2 cm³/mol. The second-order valence-electron chi connectivity index (χ2n) is 5.20. The maximum absolute atomic E-state index is 12.1. The molecule has 0 spiro atoms. The molecule has 0 radical (unpaired) electrons. The zero-order valence-electron chi connectivity index (χ0n) is 13.1. The molecule has 0 saturated heterocycles. The van der Waals surface area contributed by atoms with Crippen LogP contribution in [-0.4, -0.2) is 42.0 Å². The van der Waals surface area contributed by atoms with Crippen LogP contribution in [-0.2, 0) is 9.59 Å². The average molecular weight is 329 g/mol. The summed E-state index contributed by atoms with van der Waals surface area (Å²) in [6, 6.07) is 9.90. The van der Waals surface area contributed by atoms with Crippen LogP contribution in [0, 0.1) is 0 Å².